The van der Waals surface area contributed by atoms with Crippen LogP contribution in [0.1, 0.15) is 11.6 Å². The quantitative estimate of drug-likeness (QED) is 0.722. The first-order valence-electron chi connectivity index (χ1n) is 7.32. The van der Waals surface area contributed by atoms with Crippen LogP contribution < -0.4 is 15.5 Å². The Bertz CT molecular complexity index is 664. The highest BCUT2D eigenvalue weighted by Gasteiger charge is 2.16. The number of halogens is 2. The summed E-state index contributed by atoms with van der Waals surface area (Å²) in [6.45, 7) is 0.871. The fraction of sp³-hybridized carbons (Fsp3) is 0.235. The molecule has 2 rings (SSSR count). The minimum atomic E-state index is -0.450. The summed E-state index contributed by atoms with van der Waals surface area (Å²) >= 11 is 11.2. The summed E-state index contributed by atoms with van der Waals surface area (Å²) in [6, 6.07) is 14.6. The van der Waals surface area contributed by atoms with Crippen LogP contribution in [0.25, 0.3) is 0 Å². The van der Waals surface area contributed by atoms with E-state index in [1.54, 1.807) is 6.07 Å². The molecule has 0 saturated carbocycles. The van der Waals surface area contributed by atoms with E-state index in [1.165, 1.54) is 17.0 Å². The second-order valence-corrected chi connectivity index (χ2v) is 6.42. The molecule has 0 fully saturated rings. The highest BCUT2D eigenvalue weighted by Crippen LogP contribution is 2.19. The lowest BCUT2D eigenvalue weighted by Gasteiger charge is -2.22. The minimum Gasteiger partial charge on any atom is -0.350 e. The third-order valence-electron chi connectivity index (χ3n) is 3.30. The smallest absolute Gasteiger partial charge is 0.171 e. The third-order valence-corrected chi connectivity index (χ3v) is 3.81. The molecule has 6 heteroatoms. The molecule has 0 bridgehead atoms. The summed E-state index contributed by atoms with van der Waals surface area (Å²) in [5.41, 5.74) is 1.81. The Morgan fingerprint density at radius 2 is 1.91 bits per heavy atom. The lowest BCUT2D eigenvalue weighted by molar-refractivity contribution is -0.860. The summed E-state index contributed by atoms with van der Waals surface area (Å²) in [4.78, 5) is 1.30. The van der Waals surface area contributed by atoms with Gasteiger partial charge in [0, 0.05) is 5.69 Å². The average molecular weight is 353 g/mol. The lowest BCUT2D eigenvalue weighted by Crippen LogP contribution is -3.06. The first-order valence-corrected chi connectivity index (χ1v) is 8.11. The molecule has 122 valence electrons. The first-order chi connectivity index (χ1) is 11.0. The minimum absolute atomic E-state index is 0.0649. The molecule has 1 atom stereocenters. The molecule has 2 aromatic rings. The zero-order chi connectivity index (χ0) is 16.8. The molecule has 0 amide bonds. The number of rotatable bonds is 5. The van der Waals surface area contributed by atoms with E-state index in [9.17, 15) is 4.39 Å². The number of nitrogens with one attached hydrogen (secondary N) is 3. The normalized spacial score (nSPS) is 12.0. The molecule has 3 N–H and O–H groups in total. The van der Waals surface area contributed by atoms with Crippen LogP contribution in [0.2, 0.25) is 5.02 Å². The zero-order valence-electron chi connectivity index (χ0n) is 13.1. The monoisotopic (exact) mass is 352 g/mol. The Kier molecular flexibility index (Phi) is 6.33. The van der Waals surface area contributed by atoms with Crippen molar-refractivity contribution >= 4 is 34.6 Å². The molecule has 2 aromatic carbocycles. The Morgan fingerprint density at radius 3 is 2.52 bits per heavy atom. The van der Waals surface area contributed by atoms with E-state index in [2.05, 4.69) is 36.9 Å². The van der Waals surface area contributed by atoms with E-state index in [-0.39, 0.29) is 11.1 Å². The molecule has 0 heterocycles. The summed E-state index contributed by atoms with van der Waals surface area (Å²) in [5.74, 6) is -0.450. The molecule has 0 radical (unpaired) electrons. The number of quaternary nitrogens is 1. The summed E-state index contributed by atoms with van der Waals surface area (Å²) in [6.07, 6.45) is 0. The van der Waals surface area contributed by atoms with Crippen LogP contribution in [-0.4, -0.2) is 25.8 Å². The number of benzene rings is 2. The molecule has 0 aliphatic carbocycles. The Hall–Kier alpha value is -1.69. The van der Waals surface area contributed by atoms with Gasteiger partial charge in [-0.1, -0.05) is 41.9 Å². The zero-order valence-corrected chi connectivity index (χ0v) is 14.6. The predicted molar refractivity (Wildman–Crippen MR) is 97.6 cm³/mol. The van der Waals surface area contributed by atoms with Crippen molar-refractivity contribution in [3.05, 3.63) is 64.9 Å². The van der Waals surface area contributed by atoms with Crippen molar-refractivity contribution in [1.29, 1.82) is 0 Å². The highest BCUT2D eigenvalue weighted by atomic mass is 35.5. The number of hydrogen-bond acceptors (Lipinski definition) is 1. The van der Waals surface area contributed by atoms with Crippen LogP contribution in [-0.2, 0) is 0 Å². The average Bonchev–Trinajstić information content (AvgIpc) is 2.51. The van der Waals surface area contributed by atoms with Gasteiger partial charge in [0.1, 0.15) is 18.4 Å². The van der Waals surface area contributed by atoms with E-state index >= 15 is 0 Å². The second-order valence-electron chi connectivity index (χ2n) is 5.60. The number of anilines is 1. The van der Waals surface area contributed by atoms with E-state index in [4.69, 9.17) is 23.8 Å². The molecule has 0 saturated heterocycles. The first kappa shape index (κ1) is 17.7. The van der Waals surface area contributed by atoms with Gasteiger partial charge < -0.3 is 15.5 Å². The second kappa shape index (κ2) is 8.24. The Balaban J connectivity index is 2.06. The molecule has 0 aliphatic heterocycles. The molecular weight excluding hydrogens is 333 g/mol. The largest absolute Gasteiger partial charge is 0.350 e. The third kappa shape index (κ3) is 5.46. The molecule has 3 nitrogen and oxygen atoms in total. The van der Waals surface area contributed by atoms with Crippen LogP contribution >= 0.6 is 23.8 Å². The number of likely N-dealkylation sites (N-methyl/N-ethyl adjacent to an activating group) is 1. The molecule has 0 spiro atoms. The Labute approximate surface area is 146 Å². The van der Waals surface area contributed by atoms with Gasteiger partial charge in [0.25, 0.3) is 0 Å². The van der Waals surface area contributed by atoms with Gasteiger partial charge in [0.15, 0.2) is 5.11 Å². The van der Waals surface area contributed by atoms with Gasteiger partial charge in [-0.15, -0.1) is 0 Å². The Morgan fingerprint density at radius 1 is 1.22 bits per heavy atom. The van der Waals surface area contributed by atoms with Crippen molar-refractivity contribution < 1.29 is 9.29 Å². The van der Waals surface area contributed by atoms with Crippen LogP contribution in [0.15, 0.2) is 48.5 Å². The number of thiocarbonyl (C=S) groups is 1. The maximum atomic E-state index is 13.2. The molecule has 0 aromatic heterocycles. The maximum Gasteiger partial charge on any atom is 0.171 e. The highest BCUT2D eigenvalue weighted by molar-refractivity contribution is 7.80. The van der Waals surface area contributed by atoms with E-state index in [1.807, 2.05) is 18.2 Å². The van der Waals surface area contributed by atoms with Crippen molar-refractivity contribution in [1.82, 2.24) is 5.32 Å². The standard InChI is InChI=1S/C17H19ClFN3S/c1-22(2)11-16(12-6-4-3-5-7-12)21-17(23)20-13-8-9-15(19)14(18)10-13/h3-10,16H,11H2,1-2H3,(H2,20,21,23)/p+1/t16-/m0/s1. The molecule has 0 aliphatic rings. The van der Waals surface area contributed by atoms with Crippen molar-refractivity contribution in [2.75, 3.05) is 26.0 Å². The van der Waals surface area contributed by atoms with Gasteiger partial charge in [-0.05, 0) is 36.0 Å². The van der Waals surface area contributed by atoms with E-state index in [0.717, 1.165) is 12.1 Å². The molecule has 23 heavy (non-hydrogen) atoms. The van der Waals surface area contributed by atoms with Gasteiger partial charge in [-0.3, -0.25) is 0 Å². The van der Waals surface area contributed by atoms with Crippen LogP contribution in [0.3, 0.4) is 0 Å². The fourth-order valence-electron chi connectivity index (χ4n) is 2.25. The SMILES string of the molecule is C[NH+](C)C[C@H](NC(=S)Nc1ccc(F)c(Cl)c1)c1ccccc1. The number of hydrogen-bond donors (Lipinski definition) is 3. The van der Waals surface area contributed by atoms with Crippen molar-refractivity contribution in [3.8, 4) is 0 Å². The van der Waals surface area contributed by atoms with Gasteiger partial charge in [-0.25, -0.2) is 4.39 Å². The van der Waals surface area contributed by atoms with Crippen molar-refractivity contribution in [3.63, 3.8) is 0 Å². The van der Waals surface area contributed by atoms with E-state index in [0.29, 0.717) is 10.8 Å². The summed E-state index contributed by atoms with van der Waals surface area (Å²) in [5, 5.41) is 6.89. The van der Waals surface area contributed by atoms with Crippen LogP contribution in [0, 0.1) is 5.82 Å². The van der Waals surface area contributed by atoms with Gasteiger partial charge in [0.2, 0.25) is 0 Å². The van der Waals surface area contributed by atoms with Gasteiger partial charge in [-0.2, -0.15) is 0 Å². The summed E-state index contributed by atoms with van der Waals surface area (Å²) < 4.78 is 13.2. The van der Waals surface area contributed by atoms with Crippen LogP contribution in [0.4, 0.5) is 10.1 Å². The topological polar surface area (TPSA) is 28.5 Å². The lowest BCUT2D eigenvalue weighted by atomic mass is 10.1. The fourth-order valence-corrected chi connectivity index (χ4v) is 2.69. The van der Waals surface area contributed by atoms with Crippen molar-refractivity contribution in [2.24, 2.45) is 0 Å². The molecule has 0 unspecified atom stereocenters. The van der Waals surface area contributed by atoms with Gasteiger partial charge in [0.05, 0.1) is 19.1 Å². The van der Waals surface area contributed by atoms with Gasteiger partial charge >= 0.3 is 0 Å². The summed E-state index contributed by atoms with van der Waals surface area (Å²) in [7, 11) is 4.18. The van der Waals surface area contributed by atoms with Crippen LogP contribution in [0.5, 0.6) is 0 Å². The predicted octanol–water partition coefficient (Wildman–Crippen LogP) is 2.65. The maximum absolute atomic E-state index is 13.2. The van der Waals surface area contributed by atoms with E-state index < -0.39 is 5.82 Å². The molecular formula is C17H20ClFN3S+. The van der Waals surface area contributed by atoms with Crippen molar-refractivity contribution in [2.45, 2.75) is 6.04 Å².